The molecular formula is C14H11ClN4O. The number of hydrogen-bond acceptors (Lipinski definition) is 4. The van der Waals surface area contributed by atoms with Gasteiger partial charge in [-0.3, -0.25) is 4.79 Å². The smallest absolute Gasteiger partial charge is 0.258 e. The first-order valence-electron chi connectivity index (χ1n) is 6.05. The number of fused-ring (bicyclic) bond motifs is 1. The quantitative estimate of drug-likeness (QED) is 0.776. The number of benzene rings is 1. The highest BCUT2D eigenvalue weighted by Gasteiger charge is 2.02. The predicted molar refractivity (Wildman–Crippen MR) is 78.9 cm³/mol. The minimum atomic E-state index is -0.188. The monoisotopic (exact) mass is 286 g/mol. The number of nitrogens with zero attached hydrogens (tertiary/aromatic N) is 2. The Kier molecular flexibility index (Phi) is 3.35. The van der Waals surface area contributed by atoms with E-state index in [0.29, 0.717) is 28.4 Å². The van der Waals surface area contributed by atoms with Gasteiger partial charge in [0, 0.05) is 24.0 Å². The zero-order valence-corrected chi connectivity index (χ0v) is 11.2. The summed E-state index contributed by atoms with van der Waals surface area (Å²) in [6.07, 6.45) is 3.09. The molecule has 0 aliphatic carbocycles. The maximum Gasteiger partial charge on any atom is 0.258 e. The summed E-state index contributed by atoms with van der Waals surface area (Å²) in [6.45, 7) is 0.589. The highest BCUT2D eigenvalue weighted by atomic mass is 35.5. The molecule has 0 aliphatic rings. The van der Waals surface area contributed by atoms with E-state index >= 15 is 0 Å². The van der Waals surface area contributed by atoms with E-state index in [0.717, 1.165) is 5.56 Å². The van der Waals surface area contributed by atoms with Crippen LogP contribution in [-0.4, -0.2) is 15.0 Å². The zero-order valence-electron chi connectivity index (χ0n) is 10.4. The van der Waals surface area contributed by atoms with Gasteiger partial charge in [-0.1, -0.05) is 23.7 Å². The van der Waals surface area contributed by atoms with E-state index < -0.39 is 0 Å². The van der Waals surface area contributed by atoms with Crippen LogP contribution in [0.15, 0.2) is 47.5 Å². The summed E-state index contributed by atoms with van der Waals surface area (Å²) in [6, 6.07) is 9.27. The van der Waals surface area contributed by atoms with Crippen LogP contribution in [0.5, 0.6) is 0 Å². The summed E-state index contributed by atoms with van der Waals surface area (Å²) in [5.74, 6) is 0.484. The van der Waals surface area contributed by atoms with Crippen LogP contribution in [-0.2, 0) is 6.54 Å². The normalized spacial score (nSPS) is 10.7. The summed E-state index contributed by atoms with van der Waals surface area (Å²) in [7, 11) is 0. The van der Waals surface area contributed by atoms with Gasteiger partial charge in [-0.15, -0.1) is 0 Å². The molecule has 0 atom stereocenters. The largest absolute Gasteiger partial charge is 0.350 e. The van der Waals surface area contributed by atoms with E-state index in [4.69, 9.17) is 11.6 Å². The first-order chi connectivity index (χ1) is 9.72. The molecule has 0 saturated heterocycles. The average Bonchev–Trinajstić information content (AvgIpc) is 2.47. The van der Waals surface area contributed by atoms with Crippen LogP contribution in [0.4, 0.5) is 5.95 Å². The Morgan fingerprint density at radius 1 is 1.20 bits per heavy atom. The molecule has 0 aliphatic heterocycles. The van der Waals surface area contributed by atoms with Crippen molar-refractivity contribution in [2.75, 3.05) is 5.32 Å². The summed E-state index contributed by atoms with van der Waals surface area (Å²) in [5, 5.41) is 4.29. The molecular weight excluding hydrogens is 276 g/mol. The Labute approximate surface area is 119 Å². The zero-order chi connectivity index (χ0) is 13.9. The van der Waals surface area contributed by atoms with Gasteiger partial charge in [0.05, 0.1) is 10.9 Å². The van der Waals surface area contributed by atoms with Crippen LogP contribution in [0.2, 0.25) is 5.02 Å². The van der Waals surface area contributed by atoms with E-state index in [1.165, 1.54) is 6.20 Å². The van der Waals surface area contributed by atoms with Crippen molar-refractivity contribution < 1.29 is 0 Å². The van der Waals surface area contributed by atoms with Crippen molar-refractivity contribution in [3.63, 3.8) is 0 Å². The molecule has 5 nitrogen and oxygen atoms in total. The van der Waals surface area contributed by atoms with Crippen LogP contribution in [0.25, 0.3) is 10.9 Å². The summed E-state index contributed by atoms with van der Waals surface area (Å²) in [4.78, 5) is 22.6. The van der Waals surface area contributed by atoms with Gasteiger partial charge in [0.1, 0.15) is 0 Å². The number of H-pyrrole nitrogens is 1. The number of rotatable bonds is 3. The lowest BCUT2D eigenvalue weighted by Crippen LogP contribution is -2.08. The third-order valence-electron chi connectivity index (χ3n) is 2.88. The van der Waals surface area contributed by atoms with Gasteiger partial charge in [-0.25, -0.2) is 9.97 Å². The summed E-state index contributed by atoms with van der Waals surface area (Å²) >= 11 is 5.83. The molecule has 2 heterocycles. The lowest BCUT2D eigenvalue weighted by molar-refractivity contribution is 1.07. The summed E-state index contributed by atoms with van der Waals surface area (Å²) < 4.78 is 0. The molecule has 2 N–H and O–H groups in total. The second kappa shape index (κ2) is 5.30. The van der Waals surface area contributed by atoms with E-state index in [-0.39, 0.29) is 5.56 Å². The SMILES string of the molecule is O=c1[nH]ccc2nc(NCc3ccc(Cl)cc3)ncc12. The number of nitrogens with one attached hydrogen (secondary N) is 2. The number of pyridine rings is 1. The fourth-order valence-electron chi connectivity index (χ4n) is 1.84. The van der Waals surface area contributed by atoms with Crippen LogP contribution >= 0.6 is 11.6 Å². The highest BCUT2D eigenvalue weighted by molar-refractivity contribution is 6.30. The van der Waals surface area contributed by atoms with Gasteiger partial charge in [-0.2, -0.15) is 0 Å². The van der Waals surface area contributed by atoms with Crippen molar-refractivity contribution in [1.82, 2.24) is 15.0 Å². The molecule has 0 amide bonds. The molecule has 2 aromatic heterocycles. The Morgan fingerprint density at radius 3 is 2.80 bits per heavy atom. The second-order valence-corrected chi connectivity index (χ2v) is 4.72. The Balaban J connectivity index is 1.81. The Hall–Kier alpha value is -2.40. The third kappa shape index (κ3) is 2.62. The molecule has 0 fully saturated rings. The summed E-state index contributed by atoms with van der Waals surface area (Å²) in [5.41, 5.74) is 1.50. The van der Waals surface area contributed by atoms with E-state index in [1.807, 2.05) is 24.3 Å². The molecule has 0 bridgehead atoms. The molecule has 0 saturated carbocycles. The van der Waals surface area contributed by atoms with Crippen molar-refractivity contribution >= 4 is 28.5 Å². The van der Waals surface area contributed by atoms with Crippen LogP contribution in [0.1, 0.15) is 5.56 Å². The van der Waals surface area contributed by atoms with E-state index in [2.05, 4.69) is 20.3 Å². The molecule has 3 rings (SSSR count). The van der Waals surface area contributed by atoms with Crippen LogP contribution < -0.4 is 10.9 Å². The lowest BCUT2D eigenvalue weighted by Gasteiger charge is -2.05. The topological polar surface area (TPSA) is 70.7 Å². The fraction of sp³-hybridized carbons (Fsp3) is 0.0714. The van der Waals surface area contributed by atoms with Gasteiger partial charge in [0.15, 0.2) is 0 Å². The molecule has 20 heavy (non-hydrogen) atoms. The standard InChI is InChI=1S/C14H11ClN4O/c15-10-3-1-9(2-4-10)7-17-14-18-8-11-12(19-14)5-6-16-13(11)20/h1-6,8H,7H2,(H,16,20)(H,17,18,19). The Bertz CT molecular complexity index is 798. The van der Waals surface area contributed by atoms with Crippen LogP contribution in [0, 0.1) is 0 Å². The maximum absolute atomic E-state index is 11.5. The average molecular weight is 287 g/mol. The molecule has 0 unspecified atom stereocenters. The minimum absolute atomic E-state index is 0.188. The van der Waals surface area contributed by atoms with E-state index in [1.54, 1.807) is 12.3 Å². The fourth-order valence-corrected chi connectivity index (χ4v) is 1.97. The molecule has 0 radical (unpaired) electrons. The third-order valence-corrected chi connectivity index (χ3v) is 3.13. The van der Waals surface area contributed by atoms with Gasteiger partial charge in [-0.05, 0) is 23.8 Å². The number of aromatic amines is 1. The molecule has 1 aromatic carbocycles. The highest BCUT2D eigenvalue weighted by Crippen LogP contribution is 2.11. The second-order valence-electron chi connectivity index (χ2n) is 4.28. The molecule has 3 aromatic rings. The van der Waals surface area contributed by atoms with E-state index in [9.17, 15) is 4.79 Å². The number of anilines is 1. The number of aromatic nitrogens is 3. The Morgan fingerprint density at radius 2 is 2.00 bits per heavy atom. The first kappa shape index (κ1) is 12.6. The molecule has 0 spiro atoms. The molecule has 100 valence electrons. The van der Waals surface area contributed by atoms with Crippen molar-refractivity contribution in [1.29, 1.82) is 0 Å². The lowest BCUT2D eigenvalue weighted by atomic mass is 10.2. The molecule has 6 heteroatoms. The maximum atomic E-state index is 11.5. The van der Waals surface area contributed by atoms with Gasteiger partial charge in [0.25, 0.3) is 5.56 Å². The predicted octanol–water partition coefficient (Wildman–Crippen LogP) is 2.58. The number of halogens is 1. The van der Waals surface area contributed by atoms with Crippen molar-refractivity contribution in [3.8, 4) is 0 Å². The van der Waals surface area contributed by atoms with Crippen molar-refractivity contribution in [2.24, 2.45) is 0 Å². The van der Waals surface area contributed by atoms with Gasteiger partial charge >= 0.3 is 0 Å². The number of hydrogen-bond donors (Lipinski definition) is 2. The van der Waals surface area contributed by atoms with Crippen molar-refractivity contribution in [3.05, 3.63) is 63.7 Å². The first-order valence-corrected chi connectivity index (χ1v) is 6.43. The van der Waals surface area contributed by atoms with Gasteiger partial charge in [0.2, 0.25) is 5.95 Å². The van der Waals surface area contributed by atoms with Crippen molar-refractivity contribution in [2.45, 2.75) is 6.54 Å². The van der Waals surface area contributed by atoms with Gasteiger partial charge < -0.3 is 10.3 Å². The van der Waals surface area contributed by atoms with Crippen LogP contribution in [0.3, 0.4) is 0 Å². The minimum Gasteiger partial charge on any atom is -0.350 e.